The number of halogens is 1. The predicted molar refractivity (Wildman–Crippen MR) is 127 cm³/mol. The van der Waals surface area contributed by atoms with Crippen molar-refractivity contribution in [3.05, 3.63) is 46.0 Å². The van der Waals surface area contributed by atoms with Crippen LogP contribution in [-0.2, 0) is 9.59 Å². The Morgan fingerprint density at radius 3 is 2.50 bits per heavy atom. The number of H-pyrrole nitrogens is 1. The fourth-order valence-corrected chi connectivity index (χ4v) is 3.69. The minimum atomic E-state index is -1.81. The second-order valence-electron chi connectivity index (χ2n) is 8.40. The average Bonchev–Trinajstić information content (AvgIpc) is 2.77. The van der Waals surface area contributed by atoms with Crippen LogP contribution in [0.15, 0.2) is 29.1 Å². The quantitative estimate of drug-likeness (QED) is 0.431. The van der Waals surface area contributed by atoms with Crippen LogP contribution in [-0.4, -0.2) is 65.8 Å². The summed E-state index contributed by atoms with van der Waals surface area (Å²) in [6.07, 6.45) is -2.20. The number of carbonyl (C=O) groups excluding carboxylic acids is 3. The van der Waals surface area contributed by atoms with Gasteiger partial charge in [-0.15, -0.1) is 0 Å². The van der Waals surface area contributed by atoms with Gasteiger partial charge in [-0.1, -0.05) is 0 Å². The number of carbonyl (C=O) groups is 3. The Morgan fingerprint density at radius 2 is 1.88 bits per heavy atom. The van der Waals surface area contributed by atoms with E-state index >= 15 is 0 Å². The Balaban J connectivity index is 1.59. The summed E-state index contributed by atoms with van der Waals surface area (Å²) >= 11 is 0. The Bertz CT molecular complexity index is 1130. The van der Waals surface area contributed by atoms with Crippen molar-refractivity contribution >= 4 is 34.7 Å². The zero-order valence-electron chi connectivity index (χ0n) is 19.6. The highest BCUT2D eigenvalue weighted by atomic mass is 18.2. The number of amides is 1. The van der Waals surface area contributed by atoms with Gasteiger partial charge in [0.25, 0.3) is 11.5 Å². The Kier molecular flexibility index (Phi) is 7.64. The number of likely N-dealkylation sites (N-methyl/N-ethyl adjacent to an activating group) is 1. The minimum absolute atomic E-state index is 0.0210. The van der Waals surface area contributed by atoms with Crippen molar-refractivity contribution in [1.82, 2.24) is 15.3 Å². The number of nitrogens with one attached hydrogen (secondary N) is 4. The molecule has 0 saturated carbocycles. The largest absolute Gasteiger partial charge is 0.383 e. The first kappa shape index (κ1) is 24.9. The van der Waals surface area contributed by atoms with Crippen molar-refractivity contribution in [2.45, 2.75) is 45.4 Å². The first-order valence-corrected chi connectivity index (χ1v) is 10.9. The summed E-state index contributed by atoms with van der Waals surface area (Å²) in [5, 5.41) is 8.97. The number of nitrogens with zero attached hydrogens (tertiary/aromatic N) is 2. The molecule has 0 spiro atoms. The molecule has 2 heterocycles. The molecule has 0 saturated heterocycles. The van der Waals surface area contributed by atoms with E-state index in [1.807, 2.05) is 11.9 Å². The molecule has 11 heteroatoms. The highest BCUT2D eigenvalue weighted by Gasteiger charge is 2.27. The van der Waals surface area contributed by atoms with E-state index < -0.39 is 29.7 Å². The summed E-state index contributed by atoms with van der Waals surface area (Å²) in [7, 11) is 1.84. The van der Waals surface area contributed by atoms with E-state index in [-0.39, 0.29) is 18.0 Å². The van der Waals surface area contributed by atoms with Gasteiger partial charge in [-0.25, -0.2) is 9.37 Å². The third-order valence-corrected chi connectivity index (χ3v) is 5.79. The van der Waals surface area contributed by atoms with Crippen LogP contribution in [0.25, 0.3) is 0 Å². The molecule has 1 aromatic heterocycles. The van der Waals surface area contributed by atoms with Crippen LogP contribution in [0.2, 0.25) is 0 Å². The van der Waals surface area contributed by atoms with Crippen LogP contribution in [0, 0.1) is 6.92 Å². The van der Waals surface area contributed by atoms with Crippen LogP contribution in [0.5, 0.6) is 0 Å². The Morgan fingerprint density at radius 1 is 1.21 bits per heavy atom. The van der Waals surface area contributed by atoms with Gasteiger partial charge in [-0.3, -0.25) is 19.2 Å². The van der Waals surface area contributed by atoms with Crippen LogP contribution < -0.4 is 26.4 Å². The summed E-state index contributed by atoms with van der Waals surface area (Å²) in [5.41, 5.74) is 1.34. The van der Waals surface area contributed by atoms with Gasteiger partial charge in [0.1, 0.15) is 11.5 Å². The first-order valence-electron chi connectivity index (χ1n) is 10.9. The lowest BCUT2D eigenvalue weighted by molar-refractivity contribution is -0.123. The van der Waals surface area contributed by atoms with Gasteiger partial charge in [0.05, 0.1) is 12.1 Å². The average molecular weight is 472 g/mol. The number of anilines is 3. The predicted octanol–water partition coefficient (Wildman–Crippen LogP) is 1.43. The smallest absolute Gasteiger partial charge is 0.276 e. The van der Waals surface area contributed by atoms with Crippen LogP contribution in [0.3, 0.4) is 0 Å². The first-order chi connectivity index (χ1) is 16.1. The van der Waals surface area contributed by atoms with Crippen molar-refractivity contribution in [2.75, 3.05) is 35.7 Å². The molecule has 1 aromatic carbocycles. The lowest BCUT2D eigenvalue weighted by Gasteiger charge is -2.35. The molecule has 4 N–H and O–H groups in total. The van der Waals surface area contributed by atoms with Gasteiger partial charge in [0.2, 0.25) is 0 Å². The highest BCUT2D eigenvalue weighted by Crippen LogP contribution is 2.24. The van der Waals surface area contributed by atoms with E-state index in [9.17, 15) is 23.6 Å². The molecule has 34 heavy (non-hydrogen) atoms. The molecule has 0 bridgehead atoms. The summed E-state index contributed by atoms with van der Waals surface area (Å²) < 4.78 is 13.7. The molecule has 0 radical (unpaired) electrons. The summed E-state index contributed by atoms with van der Waals surface area (Å²) in [6, 6.07) is 5.50. The summed E-state index contributed by atoms with van der Waals surface area (Å²) in [4.78, 5) is 56.7. The minimum Gasteiger partial charge on any atom is -0.383 e. The third-order valence-electron chi connectivity index (χ3n) is 5.79. The number of hydrogen-bond acceptors (Lipinski definition) is 8. The number of hydrogen-bond donors (Lipinski definition) is 4. The molecule has 0 fully saturated rings. The summed E-state index contributed by atoms with van der Waals surface area (Å²) in [5.74, 6) is -0.539. The lowest BCUT2D eigenvalue weighted by atomic mass is 10.0. The normalized spacial score (nSPS) is 16.6. The zero-order chi connectivity index (χ0) is 25.0. The van der Waals surface area contributed by atoms with E-state index in [1.165, 1.54) is 6.92 Å². The number of rotatable bonds is 9. The molecule has 1 aliphatic rings. The molecular formula is C23H29FN6O4. The van der Waals surface area contributed by atoms with Gasteiger partial charge in [-0.2, -0.15) is 0 Å². The second kappa shape index (κ2) is 10.4. The molecule has 10 nitrogen and oxygen atoms in total. The van der Waals surface area contributed by atoms with Crippen molar-refractivity contribution < 1.29 is 18.8 Å². The number of Topliss-reactive ketones (excluding diaryl/α,β-unsaturated/α-hetero) is 2. The van der Waals surface area contributed by atoms with Gasteiger partial charge in [-0.05, 0) is 45.0 Å². The van der Waals surface area contributed by atoms with Crippen LogP contribution in [0.1, 0.15) is 36.5 Å². The van der Waals surface area contributed by atoms with Gasteiger partial charge in [0.15, 0.2) is 23.6 Å². The van der Waals surface area contributed by atoms with E-state index in [0.29, 0.717) is 36.0 Å². The van der Waals surface area contributed by atoms with Crippen LogP contribution in [0.4, 0.5) is 21.6 Å². The Hall–Kier alpha value is -3.76. The van der Waals surface area contributed by atoms with E-state index in [0.717, 1.165) is 12.6 Å². The monoisotopic (exact) mass is 471 g/mol. The Labute approximate surface area is 196 Å². The molecule has 182 valence electrons. The third kappa shape index (κ3) is 5.77. The van der Waals surface area contributed by atoms with E-state index in [2.05, 4.69) is 25.9 Å². The second-order valence-corrected chi connectivity index (χ2v) is 8.40. The topological polar surface area (TPSA) is 136 Å². The molecule has 2 unspecified atom stereocenters. The number of aromatic nitrogens is 2. The number of ketones is 2. The maximum absolute atomic E-state index is 13.7. The zero-order valence-corrected chi connectivity index (χ0v) is 19.6. The molecule has 3 rings (SSSR count). The van der Waals surface area contributed by atoms with Gasteiger partial charge in [0, 0.05) is 37.8 Å². The number of fused-ring (bicyclic) bond motifs is 1. The fraction of sp³-hybridized carbons (Fsp3) is 0.435. The molecule has 0 aliphatic carbocycles. The van der Waals surface area contributed by atoms with E-state index in [1.54, 1.807) is 31.2 Å². The SMILES string of the molecule is CC(=O)C([18F])C[C@@H](NC(=O)c1ccc(NCC2CNc3nc(C)[nH]c(=O)c3N2C)cc1)C(C)=O. The molecule has 1 amide bonds. The summed E-state index contributed by atoms with van der Waals surface area (Å²) in [6.45, 7) is 5.19. The lowest BCUT2D eigenvalue weighted by Crippen LogP contribution is -2.48. The van der Waals surface area contributed by atoms with Crippen molar-refractivity contribution in [3.63, 3.8) is 0 Å². The molecule has 2 aromatic rings. The van der Waals surface area contributed by atoms with Gasteiger partial charge >= 0.3 is 0 Å². The number of aromatic amines is 1. The maximum Gasteiger partial charge on any atom is 0.276 e. The number of benzene rings is 1. The molecular weight excluding hydrogens is 442 g/mol. The van der Waals surface area contributed by atoms with Crippen molar-refractivity contribution in [3.8, 4) is 0 Å². The fourth-order valence-electron chi connectivity index (χ4n) is 3.69. The standard InChI is InChI=1S/C23H29FN6O4/c1-12(31)18(24)9-19(13(2)32)29-22(33)15-5-7-16(8-6-15)25-10-17-11-26-21-20(30(17)4)23(34)28-14(3)27-21/h5-8,17-19,25H,9-11H2,1-4H3,(H,29,33)(H2,26,27,28,34)/t17?,18?,19-/m1/s1/i24-1. The maximum atomic E-state index is 13.7. The van der Waals surface area contributed by atoms with Crippen molar-refractivity contribution in [1.29, 1.82) is 0 Å². The molecule has 1 aliphatic heterocycles. The van der Waals surface area contributed by atoms with Crippen LogP contribution >= 0.6 is 0 Å². The molecule has 3 atom stereocenters. The van der Waals surface area contributed by atoms with Gasteiger partial charge < -0.3 is 25.8 Å². The van der Waals surface area contributed by atoms with E-state index in [4.69, 9.17) is 0 Å². The number of alkyl halides is 1. The number of aryl methyl sites for hydroxylation is 1. The van der Waals surface area contributed by atoms with Crippen molar-refractivity contribution in [2.24, 2.45) is 0 Å². The highest BCUT2D eigenvalue weighted by molar-refractivity contribution is 5.98.